The Kier molecular flexibility index (Phi) is 4.21. The van der Waals surface area contributed by atoms with Crippen molar-refractivity contribution in [2.75, 3.05) is 0 Å². The summed E-state index contributed by atoms with van der Waals surface area (Å²) >= 11 is 0. The molecule has 2 aromatic heterocycles. The Balaban J connectivity index is 1.54. The topological polar surface area (TPSA) is 55.6 Å². The molecule has 0 fully saturated rings. The smallest absolute Gasteiger partial charge is 0.264 e. The van der Waals surface area contributed by atoms with Gasteiger partial charge in [-0.15, -0.1) is 0 Å². The minimum absolute atomic E-state index is 0.0450. The maximum absolute atomic E-state index is 13.1. The number of ether oxygens (including phenoxy) is 1. The van der Waals surface area contributed by atoms with Gasteiger partial charge in [0, 0.05) is 25.4 Å². The first kappa shape index (κ1) is 15.4. The molecule has 0 bridgehead atoms. The molecule has 0 aliphatic carbocycles. The Hall–Kier alpha value is -3.08. The molecule has 0 saturated carbocycles. The standard InChI is InChI=1S/C20H18N2O3/c23-20(19-11-16-6-1-2-8-18(16)25-19)22(14-17-7-4-10-24-17)13-15-5-3-9-21-12-15/h1-10,12,19H,11,13-14H2. The molecule has 4 rings (SSSR count). The summed E-state index contributed by atoms with van der Waals surface area (Å²) in [7, 11) is 0. The summed E-state index contributed by atoms with van der Waals surface area (Å²) in [5, 5.41) is 0. The third-order valence-corrected chi connectivity index (χ3v) is 4.26. The summed E-state index contributed by atoms with van der Waals surface area (Å²) in [6.45, 7) is 0.862. The van der Waals surface area contributed by atoms with Crippen LogP contribution in [-0.4, -0.2) is 21.9 Å². The molecule has 3 aromatic rings. The highest BCUT2D eigenvalue weighted by molar-refractivity contribution is 5.82. The summed E-state index contributed by atoms with van der Waals surface area (Å²) in [5.41, 5.74) is 2.04. The number of nitrogens with zero attached hydrogens (tertiary/aromatic N) is 2. The van der Waals surface area contributed by atoms with Crippen LogP contribution in [0.1, 0.15) is 16.9 Å². The molecule has 5 heteroatoms. The molecule has 0 saturated heterocycles. The summed E-state index contributed by atoms with van der Waals surface area (Å²) < 4.78 is 11.3. The fourth-order valence-electron chi connectivity index (χ4n) is 3.04. The van der Waals surface area contributed by atoms with Gasteiger partial charge in [0.2, 0.25) is 0 Å². The third kappa shape index (κ3) is 3.40. The lowest BCUT2D eigenvalue weighted by Gasteiger charge is -2.24. The Labute approximate surface area is 145 Å². The minimum Gasteiger partial charge on any atom is -0.480 e. The Morgan fingerprint density at radius 3 is 2.80 bits per heavy atom. The van der Waals surface area contributed by atoms with Crippen molar-refractivity contribution >= 4 is 5.91 Å². The molecular formula is C20H18N2O3. The number of fused-ring (bicyclic) bond motifs is 1. The van der Waals surface area contributed by atoms with Crippen LogP contribution < -0.4 is 4.74 Å². The van der Waals surface area contributed by atoms with E-state index < -0.39 is 6.10 Å². The monoisotopic (exact) mass is 334 g/mol. The van der Waals surface area contributed by atoms with Gasteiger partial charge in [0.05, 0.1) is 12.8 Å². The van der Waals surface area contributed by atoms with Crippen molar-refractivity contribution in [2.24, 2.45) is 0 Å². The van der Waals surface area contributed by atoms with E-state index in [1.165, 1.54) is 0 Å². The van der Waals surface area contributed by atoms with Crippen molar-refractivity contribution in [3.05, 3.63) is 84.1 Å². The van der Waals surface area contributed by atoms with Gasteiger partial charge in [-0.3, -0.25) is 9.78 Å². The Morgan fingerprint density at radius 1 is 1.12 bits per heavy atom. The SMILES string of the molecule is O=C(C1Cc2ccccc2O1)N(Cc1cccnc1)Cc1ccco1. The van der Waals surface area contributed by atoms with Crippen molar-refractivity contribution in [1.29, 1.82) is 0 Å². The molecule has 0 spiro atoms. The molecule has 1 aliphatic rings. The number of hydrogen-bond donors (Lipinski definition) is 0. The van der Waals surface area contributed by atoms with Gasteiger partial charge in [-0.25, -0.2) is 0 Å². The molecule has 1 aliphatic heterocycles. The lowest BCUT2D eigenvalue weighted by molar-refractivity contribution is -0.139. The van der Waals surface area contributed by atoms with E-state index in [2.05, 4.69) is 4.98 Å². The molecule has 5 nitrogen and oxygen atoms in total. The van der Waals surface area contributed by atoms with Crippen LogP contribution in [0.25, 0.3) is 0 Å². The summed E-state index contributed by atoms with van der Waals surface area (Å²) in [6.07, 6.45) is 5.20. The maximum Gasteiger partial charge on any atom is 0.264 e. The number of para-hydroxylation sites is 1. The van der Waals surface area contributed by atoms with Crippen LogP contribution in [0.3, 0.4) is 0 Å². The molecule has 25 heavy (non-hydrogen) atoms. The Bertz CT molecular complexity index is 821. The van der Waals surface area contributed by atoms with Crippen LogP contribution in [0.2, 0.25) is 0 Å². The number of aromatic nitrogens is 1. The zero-order chi connectivity index (χ0) is 17.1. The third-order valence-electron chi connectivity index (χ3n) is 4.26. The first-order valence-corrected chi connectivity index (χ1v) is 8.24. The first-order chi connectivity index (χ1) is 12.3. The van der Waals surface area contributed by atoms with Gasteiger partial charge in [0.15, 0.2) is 6.10 Å². The van der Waals surface area contributed by atoms with Crippen LogP contribution in [-0.2, 0) is 24.3 Å². The second-order valence-electron chi connectivity index (χ2n) is 6.05. The van der Waals surface area contributed by atoms with Gasteiger partial charge in [0.25, 0.3) is 5.91 Å². The lowest BCUT2D eigenvalue weighted by Crippen LogP contribution is -2.40. The molecule has 3 heterocycles. The van der Waals surface area contributed by atoms with E-state index in [1.54, 1.807) is 23.6 Å². The Morgan fingerprint density at radius 2 is 2.04 bits per heavy atom. The van der Waals surface area contributed by atoms with E-state index in [-0.39, 0.29) is 5.91 Å². The quantitative estimate of drug-likeness (QED) is 0.719. The van der Waals surface area contributed by atoms with E-state index in [4.69, 9.17) is 9.15 Å². The van der Waals surface area contributed by atoms with Gasteiger partial charge in [0.1, 0.15) is 11.5 Å². The highest BCUT2D eigenvalue weighted by Gasteiger charge is 2.32. The summed E-state index contributed by atoms with van der Waals surface area (Å²) in [6, 6.07) is 15.3. The minimum atomic E-state index is -0.496. The van der Waals surface area contributed by atoms with Gasteiger partial charge in [-0.1, -0.05) is 24.3 Å². The van der Waals surface area contributed by atoms with E-state index in [0.717, 1.165) is 22.6 Å². The summed E-state index contributed by atoms with van der Waals surface area (Å²) in [5.74, 6) is 1.49. The van der Waals surface area contributed by atoms with E-state index in [0.29, 0.717) is 19.5 Å². The predicted octanol–water partition coefficient (Wildman–Crippen LogP) is 3.21. The number of carbonyl (C=O) groups excluding carboxylic acids is 1. The number of amides is 1. The van der Waals surface area contributed by atoms with Gasteiger partial charge >= 0.3 is 0 Å². The maximum atomic E-state index is 13.1. The van der Waals surface area contributed by atoms with Crippen LogP contribution >= 0.6 is 0 Å². The zero-order valence-electron chi connectivity index (χ0n) is 13.7. The van der Waals surface area contributed by atoms with Crippen LogP contribution in [0.5, 0.6) is 5.75 Å². The van der Waals surface area contributed by atoms with Crippen LogP contribution in [0.15, 0.2) is 71.6 Å². The molecule has 126 valence electrons. The molecule has 0 radical (unpaired) electrons. The largest absolute Gasteiger partial charge is 0.480 e. The zero-order valence-corrected chi connectivity index (χ0v) is 13.7. The summed E-state index contributed by atoms with van der Waals surface area (Å²) in [4.78, 5) is 19.0. The van der Waals surface area contributed by atoms with Gasteiger partial charge in [-0.05, 0) is 35.4 Å². The average molecular weight is 334 g/mol. The van der Waals surface area contributed by atoms with E-state index >= 15 is 0 Å². The lowest BCUT2D eigenvalue weighted by atomic mass is 10.1. The van der Waals surface area contributed by atoms with Crippen LogP contribution in [0, 0.1) is 0 Å². The normalized spacial score (nSPS) is 15.4. The average Bonchev–Trinajstić information content (AvgIpc) is 3.30. The van der Waals surface area contributed by atoms with Gasteiger partial charge < -0.3 is 14.1 Å². The van der Waals surface area contributed by atoms with E-state index in [9.17, 15) is 4.79 Å². The van der Waals surface area contributed by atoms with E-state index in [1.807, 2.05) is 48.5 Å². The molecule has 0 N–H and O–H groups in total. The molecule has 1 unspecified atom stereocenters. The number of hydrogen-bond acceptors (Lipinski definition) is 4. The van der Waals surface area contributed by atoms with Gasteiger partial charge in [-0.2, -0.15) is 0 Å². The number of rotatable bonds is 5. The number of carbonyl (C=O) groups is 1. The van der Waals surface area contributed by atoms with Crippen molar-refractivity contribution in [3.63, 3.8) is 0 Å². The van der Waals surface area contributed by atoms with Crippen molar-refractivity contribution < 1.29 is 13.9 Å². The fraction of sp³-hybridized carbons (Fsp3) is 0.200. The highest BCUT2D eigenvalue weighted by Crippen LogP contribution is 2.29. The number of benzene rings is 1. The second kappa shape index (κ2) is 6.81. The molecule has 1 aromatic carbocycles. The first-order valence-electron chi connectivity index (χ1n) is 8.24. The predicted molar refractivity (Wildman–Crippen MR) is 91.8 cm³/mol. The molecular weight excluding hydrogens is 316 g/mol. The fourth-order valence-corrected chi connectivity index (χ4v) is 3.04. The second-order valence-corrected chi connectivity index (χ2v) is 6.05. The van der Waals surface area contributed by atoms with Crippen molar-refractivity contribution in [3.8, 4) is 5.75 Å². The highest BCUT2D eigenvalue weighted by atomic mass is 16.5. The van der Waals surface area contributed by atoms with Crippen molar-refractivity contribution in [1.82, 2.24) is 9.88 Å². The van der Waals surface area contributed by atoms with Crippen LogP contribution in [0.4, 0.5) is 0 Å². The van der Waals surface area contributed by atoms with Crippen molar-refractivity contribution in [2.45, 2.75) is 25.6 Å². The molecule has 1 atom stereocenters. The molecule has 1 amide bonds. The number of furan rings is 1. The number of pyridine rings is 1.